The SMILES string of the molecule is CCOc1ccc(CCC(=O)N(Cc2ccc(Cl)cc2Cl)C(CC)C(=O)NC(C)C)cc1OCC. The molecule has 2 amide bonds. The van der Waals surface area contributed by atoms with E-state index in [9.17, 15) is 9.59 Å². The standard InChI is InChI=1S/C27H36Cl2N2O4/c1-6-23(27(33)30-18(4)5)31(17-20-11-12-21(28)16-22(20)29)26(32)14-10-19-9-13-24(34-7-2)25(15-19)35-8-3/h9,11-13,15-16,18,23H,6-8,10,14,17H2,1-5H3,(H,30,33). The number of carbonyl (C=O) groups excluding carboxylic acids is 2. The zero-order chi connectivity index (χ0) is 26.0. The lowest BCUT2D eigenvalue weighted by molar-refractivity contribution is -0.141. The molecule has 0 aromatic heterocycles. The molecule has 6 nitrogen and oxygen atoms in total. The van der Waals surface area contributed by atoms with E-state index in [1.54, 1.807) is 23.1 Å². The topological polar surface area (TPSA) is 67.9 Å². The normalized spacial score (nSPS) is 11.8. The van der Waals surface area contributed by atoms with E-state index >= 15 is 0 Å². The highest BCUT2D eigenvalue weighted by Crippen LogP contribution is 2.29. The summed E-state index contributed by atoms with van der Waals surface area (Å²) < 4.78 is 11.3. The molecule has 192 valence electrons. The Bertz CT molecular complexity index is 997. The minimum absolute atomic E-state index is 0.0338. The maximum atomic E-state index is 13.5. The van der Waals surface area contributed by atoms with E-state index in [4.69, 9.17) is 32.7 Å². The second kappa shape index (κ2) is 14.2. The maximum absolute atomic E-state index is 13.5. The lowest BCUT2D eigenvalue weighted by Gasteiger charge is -2.31. The Morgan fingerprint density at radius 1 is 0.971 bits per heavy atom. The van der Waals surface area contributed by atoms with Crippen molar-refractivity contribution in [2.24, 2.45) is 0 Å². The van der Waals surface area contributed by atoms with Gasteiger partial charge in [0, 0.05) is 29.1 Å². The zero-order valence-electron chi connectivity index (χ0n) is 21.2. The lowest BCUT2D eigenvalue weighted by Crippen LogP contribution is -2.50. The first-order valence-corrected chi connectivity index (χ1v) is 12.9. The minimum atomic E-state index is -0.615. The number of ether oxygens (including phenoxy) is 2. The molecule has 1 N–H and O–H groups in total. The van der Waals surface area contributed by atoms with Gasteiger partial charge in [-0.1, -0.05) is 42.3 Å². The number of halogens is 2. The summed E-state index contributed by atoms with van der Waals surface area (Å²) in [6.45, 7) is 10.8. The third kappa shape index (κ3) is 8.62. The van der Waals surface area contributed by atoms with Gasteiger partial charge in [-0.25, -0.2) is 0 Å². The number of aryl methyl sites for hydroxylation is 1. The van der Waals surface area contributed by atoms with E-state index in [0.717, 1.165) is 11.1 Å². The van der Waals surface area contributed by atoms with Gasteiger partial charge in [-0.3, -0.25) is 9.59 Å². The summed E-state index contributed by atoms with van der Waals surface area (Å²) in [7, 11) is 0. The molecule has 2 rings (SSSR count). The fourth-order valence-electron chi connectivity index (χ4n) is 3.78. The predicted octanol–water partition coefficient (Wildman–Crippen LogP) is 6.06. The fraction of sp³-hybridized carbons (Fsp3) is 0.481. The predicted molar refractivity (Wildman–Crippen MR) is 141 cm³/mol. The lowest BCUT2D eigenvalue weighted by atomic mass is 10.1. The molecule has 0 aliphatic rings. The van der Waals surface area contributed by atoms with Crippen LogP contribution in [-0.4, -0.2) is 42.0 Å². The van der Waals surface area contributed by atoms with Gasteiger partial charge in [-0.2, -0.15) is 0 Å². The van der Waals surface area contributed by atoms with Crippen LogP contribution in [-0.2, 0) is 22.6 Å². The molecule has 0 bridgehead atoms. The molecule has 1 atom stereocenters. The van der Waals surface area contributed by atoms with Crippen LogP contribution in [0.3, 0.4) is 0 Å². The highest BCUT2D eigenvalue weighted by atomic mass is 35.5. The van der Waals surface area contributed by atoms with Crippen LogP contribution in [0.2, 0.25) is 10.0 Å². The Kier molecular flexibility index (Phi) is 11.7. The molecule has 0 fully saturated rings. The molecule has 0 heterocycles. The molecule has 0 aliphatic carbocycles. The van der Waals surface area contributed by atoms with Gasteiger partial charge in [0.05, 0.1) is 13.2 Å². The number of amides is 2. The Hall–Kier alpha value is -2.44. The Labute approximate surface area is 218 Å². The van der Waals surface area contributed by atoms with Crippen molar-refractivity contribution in [1.29, 1.82) is 0 Å². The molecular formula is C27H36Cl2N2O4. The quantitative estimate of drug-likeness (QED) is 0.347. The van der Waals surface area contributed by atoms with Crippen LogP contribution < -0.4 is 14.8 Å². The van der Waals surface area contributed by atoms with Crippen LogP contribution in [0, 0.1) is 0 Å². The van der Waals surface area contributed by atoms with Crippen molar-refractivity contribution in [2.75, 3.05) is 13.2 Å². The third-order valence-electron chi connectivity index (χ3n) is 5.41. The molecular weight excluding hydrogens is 487 g/mol. The summed E-state index contributed by atoms with van der Waals surface area (Å²) in [4.78, 5) is 28.1. The fourth-order valence-corrected chi connectivity index (χ4v) is 4.25. The van der Waals surface area contributed by atoms with Gasteiger partial charge in [0.2, 0.25) is 11.8 Å². The van der Waals surface area contributed by atoms with E-state index in [2.05, 4.69) is 5.32 Å². The highest BCUT2D eigenvalue weighted by molar-refractivity contribution is 6.35. The third-order valence-corrected chi connectivity index (χ3v) is 5.99. The smallest absolute Gasteiger partial charge is 0.243 e. The average Bonchev–Trinajstić information content (AvgIpc) is 2.80. The molecule has 0 spiro atoms. The molecule has 1 unspecified atom stereocenters. The van der Waals surface area contributed by atoms with Crippen LogP contribution in [0.5, 0.6) is 11.5 Å². The summed E-state index contributed by atoms with van der Waals surface area (Å²) in [5.74, 6) is 1.03. The van der Waals surface area contributed by atoms with Crippen molar-refractivity contribution in [1.82, 2.24) is 10.2 Å². The van der Waals surface area contributed by atoms with Gasteiger partial charge < -0.3 is 19.7 Å². The number of nitrogens with zero attached hydrogens (tertiary/aromatic N) is 1. The van der Waals surface area contributed by atoms with Crippen molar-refractivity contribution < 1.29 is 19.1 Å². The highest BCUT2D eigenvalue weighted by Gasteiger charge is 2.29. The molecule has 0 aliphatic heterocycles. The summed E-state index contributed by atoms with van der Waals surface area (Å²) in [6, 6.07) is 10.2. The number of carbonyl (C=O) groups is 2. The molecule has 2 aromatic carbocycles. The number of hydrogen-bond donors (Lipinski definition) is 1. The zero-order valence-corrected chi connectivity index (χ0v) is 22.7. The van der Waals surface area contributed by atoms with Crippen molar-refractivity contribution in [3.63, 3.8) is 0 Å². The molecule has 0 saturated heterocycles. The van der Waals surface area contributed by atoms with Crippen molar-refractivity contribution in [2.45, 2.75) is 72.5 Å². The van der Waals surface area contributed by atoms with Crippen molar-refractivity contribution >= 4 is 35.0 Å². The van der Waals surface area contributed by atoms with Crippen LogP contribution in [0.1, 0.15) is 58.6 Å². The van der Waals surface area contributed by atoms with E-state index in [0.29, 0.717) is 47.6 Å². The second-order valence-electron chi connectivity index (χ2n) is 8.49. The van der Waals surface area contributed by atoms with Gasteiger partial charge in [-0.05, 0) is 75.9 Å². The van der Waals surface area contributed by atoms with E-state index in [-0.39, 0.29) is 30.8 Å². The first-order valence-electron chi connectivity index (χ1n) is 12.1. The molecule has 8 heteroatoms. The Morgan fingerprint density at radius 3 is 2.26 bits per heavy atom. The van der Waals surface area contributed by atoms with Crippen LogP contribution in [0.15, 0.2) is 36.4 Å². The van der Waals surface area contributed by atoms with E-state index in [1.807, 2.05) is 52.8 Å². The summed E-state index contributed by atoms with van der Waals surface area (Å²) >= 11 is 12.5. The summed E-state index contributed by atoms with van der Waals surface area (Å²) in [5.41, 5.74) is 1.69. The summed E-state index contributed by atoms with van der Waals surface area (Å²) in [6.07, 6.45) is 1.21. The molecule has 35 heavy (non-hydrogen) atoms. The monoisotopic (exact) mass is 522 g/mol. The first kappa shape index (κ1) is 28.8. The number of nitrogens with one attached hydrogen (secondary N) is 1. The van der Waals surface area contributed by atoms with Crippen LogP contribution in [0.25, 0.3) is 0 Å². The molecule has 0 radical (unpaired) electrons. The summed E-state index contributed by atoms with van der Waals surface area (Å²) in [5, 5.41) is 3.91. The van der Waals surface area contributed by atoms with Crippen LogP contribution >= 0.6 is 23.2 Å². The first-order chi connectivity index (χ1) is 16.7. The largest absolute Gasteiger partial charge is 0.490 e. The van der Waals surface area contributed by atoms with Gasteiger partial charge in [-0.15, -0.1) is 0 Å². The second-order valence-corrected chi connectivity index (χ2v) is 9.34. The number of rotatable bonds is 13. The van der Waals surface area contributed by atoms with Gasteiger partial charge in [0.25, 0.3) is 0 Å². The Balaban J connectivity index is 2.27. The Morgan fingerprint density at radius 2 is 1.66 bits per heavy atom. The van der Waals surface area contributed by atoms with Crippen molar-refractivity contribution in [3.05, 3.63) is 57.6 Å². The van der Waals surface area contributed by atoms with Crippen LogP contribution in [0.4, 0.5) is 0 Å². The molecule has 0 saturated carbocycles. The number of benzene rings is 2. The maximum Gasteiger partial charge on any atom is 0.243 e. The van der Waals surface area contributed by atoms with Gasteiger partial charge in [0.15, 0.2) is 11.5 Å². The van der Waals surface area contributed by atoms with E-state index < -0.39 is 6.04 Å². The van der Waals surface area contributed by atoms with Crippen molar-refractivity contribution in [3.8, 4) is 11.5 Å². The van der Waals surface area contributed by atoms with Gasteiger partial charge in [0.1, 0.15) is 6.04 Å². The number of hydrogen-bond acceptors (Lipinski definition) is 4. The van der Waals surface area contributed by atoms with E-state index in [1.165, 1.54) is 0 Å². The molecule has 2 aromatic rings. The minimum Gasteiger partial charge on any atom is -0.490 e. The average molecular weight is 524 g/mol. The van der Waals surface area contributed by atoms with Gasteiger partial charge >= 0.3 is 0 Å².